The zero-order valence-corrected chi connectivity index (χ0v) is 20.5. The first-order valence-electron chi connectivity index (χ1n) is 7.60. The Balaban J connectivity index is 0.00000312. The van der Waals surface area contributed by atoms with Gasteiger partial charge in [-0.05, 0) is 0 Å². The van der Waals surface area contributed by atoms with Crippen LogP contribution in [0.4, 0.5) is 11.4 Å². The summed E-state index contributed by atoms with van der Waals surface area (Å²) in [5.74, 6) is 0.108. The van der Waals surface area contributed by atoms with Gasteiger partial charge >= 0.3 is 162 Å². The van der Waals surface area contributed by atoms with Crippen molar-refractivity contribution in [2.24, 2.45) is 10.2 Å². The Morgan fingerprint density at radius 3 is 2.32 bits per heavy atom. The number of aromatic hydroxyl groups is 1. The van der Waals surface area contributed by atoms with Crippen LogP contribution in [0, 0.1) is 6.92 Å². The Hall–Kier alpha value is -0.683. The maximum atomic E-state index is 9.90. The second kappa shape index (κ2) is 9.86. The molecule has 0 aliphatic carbocycles. The van der Waals surface area contributed by atoms with Crippen molar-refractivity contribution >= 4 is 53.1 Å². The van der Waals surface area contributed by atoms with Crippen LogP contribution in [0.15, 0.2) is 52.7 Å². The summed E-state index contributed by atoms with van der Waals surface area (Å²) in [4.78, 5) is 6.56. The van der Waals surface area contributed by atoms with Crippen LogP contribution >= 0.6 is 0 Å². The molecule has 0 aliphatic heterocycles. The van der Waals surface area contributed by atoms with Crippen LogP contribution in [0.5, 0.6) is 5.75 Å². The van der Waals surface area contributed by atoms with E-state index in [1.807, 2.05) is 37.3 Å². The number of rotatable bonds is 6. The molecule has 1 atom stereocenters. The van der Waals surface area contributed by atoms with Crippen molar-refractivity contribution in [3.8, 4) is 5.75 Å². The monoisotopic (exact) mass is 559 g/mol. The summed E-state index contributed by atoms with van der Waals surface area (Å²) in [6.45, 7) is 1.94. The van der Waals surface area contributed by atoms with Gasteiger partial charge in [0.1, 0.15) is 0 Å². The van der Waals surface area contributed by atoms with E-state index in [0.717, 1.165) is 34.1 Å². The predicted octanol–water partition coefficient (Wildman–Crippen LogP) is 4.24. The molecule has 0 bridgehead atoms. The Morgan fingerprint density at radius 1 is 1.04 bits per heavy atom. The second-order valence-electron chi connectivity index (χ2n) is 6.43. The Bertz CT molecular complexity index is 733. The van der Waals surface area contributed by atoms with Crippen molar-refractivity contribution in [2.75, 3.05) is 0 Å². The Labute approximate surface area is 166 Å². The number of hydrogen-bond acceptors (Lipinski definition) is 5. The van der Waals surface area contributed by atoms with Crippen LogP contribution in [0.3, 0.4) is 0 Å². The van der Waals surface area contributed by atoms with Crippen LogP contribution in [0.2, 0.25) is 14.8 Å². The number of hydrogen-bond donors (Lipinski definition) is 1. The van der Waals surface area contributed by atoms with Gasteiger partial charge in [0, 0.05) is 0 Å². The molecular weight excluding hydrogens is 534 g/mol. The van der Waals surface area contributed by atoms with E-state index in [4.69, 9.17) is 6.15 Å². The van der Waals surface area contributed by atoms with E-state index in [1.54, 1.807) is 12.1 Å². The van der Waals surface area contributed by atoms with Gasteiger partial charge in [-0.2, -0.15) is 0 Å². The van der Waals surface area contributed by atoms with Gasteiger partial charge in [-0.1, -0.05) is 0 Å². The summed E-state index contributed by atoms with van der Waals surface area (Å²) >= 11 is -1.56. The molecule has 0 spiro atoms. The Kier molecular flexibility index (Phi) is 8.82. The van der Waals surface area contributed by atoms with Gasteiger partial charge in [-0.25, -0.2) is 0 Å². The molecule has 6 nitrogen and oxygen atoms in total. The van der Waals surface area contributed by atoms with Gasteiger partial charge in [-0.15, -0.1) is 0 Å². The van der Waals surface area contributed by atoms with Gasteiger partial charge in [0.15, 0.2) is 0 Å². The summed E-state index contributed by atoms with van der Waals surface area (Å²) < 4.78 is 11.8. The fourth-order valence-electron chi connectivity index (χ4n) is 2.07. The minimum Gasteiger partial charge on any atom is -0.412 e. The van der Waals surface area contributed by atoms with Crippen molar-refractivity contribution in [3.63, 3.8) is 0 Å². The molecule has 8 heteroatoms. The van der Waals surface area contributed by atoms with Gasteiger partial charge in [-0.3, -0.25) is 0 Å². The Morgan fingerprint density at radius 2 is 1.68 bits per heavy atom. The first-order chi connectivity index (χ1) is 11.3. The van der Waals surface area contributed by atoms with Gasteiger partial charge in [0.25, 0.3) is 0 Å². The van der Waals surface area contributed by atoms with Crippen molar-refractivity contribution < 1.29 is 16.7 Å². The summed E-state index contributed by atoms with van der Waals surface area (Å²) in [7, 11) is 0. The molecule has 0 saturated heterocycles. The van der Waals surface area contributed by atoms with E-state index in [9.17, 15) is 5.11 Å². The molecule has 0 saturated carbocycles. The molecule has 0 heterocycles. The number of phenols is 1. The van der Waals surface area contributed by atoms with E-state index in [2.05, 4.69) is 25.0 Å². The normalized spacial score (nSPS) is 12.8. The predicted molar refractivity (Wildman–Crippen MR) is 101 cm³/mol. The molecule has 3 radical (unpaired) electrons. The van der Waals surface area contributed by atoms with Crippen molar-refractivity contribution in [1.82, 2.24) is 0 Å². The number of nitrogens with zero attached hydrogens (tertiary/aromatic N) is 2. The van der Waals surface area contributed by atoms with E-state index in [1.165, 1.54) is 0 Å². The third kappa shape index (κ3) is 6.85. The molecule has 133 valence electrons. The molecule has 0 amide bonds. The molecule has 1 unspecified atom stereocenters. The standard InChI is InChI=1S/C14H12N2O3.3CH3.H2O.2Sn/c1-9-6-7-13(17)12(8-9)16-15-11-5-3-2-4-10(11)14(18)19;;;;;;/h2-8,14,17H,1H3;3*1H3;1H2;;/q-2;;;;;2*+1. The number of azo groups is 1. The van der Waals surface area contributed by atoms with Crippen molar-refractivity contribution in [2.45, 2.75) is 28.0 Å². The fraction of sp³-hybridized carbons (Fsp3) is 0.294. The van der Waals surface area contributed by atoms with E-state index >= 15 is 0 Å². The third-order valence-electron chi connectivity index (χ3n) is 3.15. The van der Waals surface area contributed by atoms with E-state index in [-0.39, 0.29) is 11.2 Å². The van der Waals surface area contributed by atoms with Crippen molar-refractivity contribution in [1.29, 1.82) is 0 Å². The van der Waals surface area contributed by atoms with Gasteiger partial charge in [0.05, 0.1) is 0 Å². The zero-order valence-electron chi connectivity index (χ0n) is 14.8. The van der Waals surface area contributed by atoms with Crippen LogP contribution in [-0.2, 0) is 6.15 Å². The number of aryl methyl sites for hydroxylation is 1. The first kappa shape index (κ1) is 22.4. The van der Waals surface area contributed by atoms with Crippen LogP contribution < -0.4 is 0 Å². The van der Waals surface area contributed by atoms with E-state index < -0.39 is 25.1 Å². The third-order valence-corrected chi connectivity index (χ3v) is 6.39. The smallest absolute Gasteiger partial charge is 0.412 e. The molecule has 2 aromatic carbocycles. The number of benzene rings is 2. The summed E-state index contributed by atoms with van der Waals surface area (Å²) in [6, 6.07) is 12.9. The van der Waals surface area contributed by atoms with Crippen LogP contribution in [0.25, 0.3) is 0 Å². The SMILES string of the molecule is Cc1ccc(O)c(N=Nc2ccccc2C([O][Sn])[O][Sn]([CH3])([CH3])[CH3])c1.O. The summed E-state index contributed by atoms with van der Waals surface area (Å²) in [5, 5.41) is 18.4. The summed E-state index contributed by atoms with van der Waals surface area (Å²) in [5.41, 5.74) is 3.00. The molecular formula is C17H23N2O4Sn2. The zero-order chi connectivity index (χ0) is 17.7. The van der Waals surface area contributed by atoms with Crippen molar-refractivity contribution in [3.05, 3.63) is 53.6 Å². The van der Waals surface area contributed by atoms with E-state index in [0.29, 0.717) is 11.4 Å². The molecule has 25 heavy (non-hydrogen) atoms. The molecule has 0 aromatic heterocycles. The van der Waals surface area contributed by atoms with Gasteiger partial charge in [0.2, 0.25) is 0 Å². The molecule has 2 rings (SSSR count). The first-order valence-corrected chi connectivity index (χ1v) is 18.5. The van der Waals surface area contributed by atoms with Crippen LogP contribution in [-0.4, -0.2) is 52.3 Å². The maximum Gasteiger partial charge on any atom is -0.412 e. The average molecular weight is 557 g/mol. The van der Waals surface area contributed by atoms with Gasteiger partial charge < -0.3 is 5.48 Å². The molecule has 0 fully saturated rings. The minimum atomic E-state index is -2.50. The fourth-order valence-corrected chi connectivity index (χ4v) is 5.69. The quantitative estimate of drug-likeness (QED) is 0.328. The maximum absolute atomic E-state index is 9.90. The average Bonchev–Trinajstić information content (AvgIpc) is 2.53. The number of phenolic OH excluding ortho intramolecular Hbond substituents is 1. The largest absolute Gasteiger partial charge is 0.412 e. The van der Waals surface area contributed by atoms with Crippen LogP contribution in [0.1, 0.15) is 17.4 Å². The topological polar surface area (TPSA) is 94.9 Å². The summed E-state index contributed by atoms with van der Waals surface area (Å²) in [6.07, 6.45) is -0.416. The molecule has 2 aromatic rings. The molecule has 3 N–H and O–H groups in total. The minimum absolute atomic E-state index is 0. The molecule has 0 aliphatic rings. The second-order valence-corrected chi connectivity index (χ2v) is 19.8.